The van der Waals surface area contributed by atoms with E-state index in [4.69, 9.17) is 28.4 Å². The lowest BCUT2D eigenvalue weighted by atomic mass is 10.0. The second-order valence-corrected chi connectivity index (χ2v) is 10.0. The SMILES string of the molecule is C=C(C)C(=O)OCCOc1ccc(OC(=O)c2ccc(-c3ccc(OCCCCOC(=O)C(=C)CC(=O)OCC)cc3)cc2)cc1. The predicted molar refractivity (Wildman–Crippen MR) is 171 cm³/mol. The van der Waals surface area contributed by atoms with Crippen LogP contribution in [0.2, 0.25) is 0 Å². The Labute approximate surface area is 268 Å². The average molecular weight is 631 g/mol. The van der Waals surface area contributed by atoms with Crippen LogP contribution in [-0.4, -0.2) is 56.9 Å². The molecule has 0 atom stereocenters. The van der Waals surface area contributed by atoms with E-state index in [9.17, 15) is 19.2 Å². The molecule has 3 aromatic carbocycles. The lowest BCUT2D eigenvalue weighted by Crippen LogP contribution is -2.13. The Morgan fingerprint density at radius 2 is 1.13 bits per heavy atom. The van der Waals surface area contributed by atoms with E-state index in [-0.39, 0.29) is 38.4 Å². The van der Waals surface area contributed by atoms with Crippen LogP contribution in [-0.2, 0) is 28.6 Å². The van der Waals surface area contributed by atoms with E-state index in [0.717, 1.165) is 11.1 Å². The molecule has 242 valence electrons. The third-order valence-corrected chi connectivity index (χ3v) is 6.27. The molecule has 0 bridgehead atoms. The van der Waals surface area contributed by atoms with Crippen LogP contribution in [0, 0.1) is 0 Å². The number of hydrogen-bond acceptors (Lipinski definition) is 10. The maximum Gasteiger partial charge on any atom is 0.343 e. The number of hydrogen-bond donors (Lipinski definition) is 0. The molecule has 3 aromatic rings. The Bertz CT molecular complexity index is 1490. The van der Waals surface area contributed by atoms with Crippen LogP contribution < -0.4 is 14.2 Å². The first-order valence-corrected chi connectivity index (χ1v) is 14.8. The Hall–Kier alpha value is -5.38. The Morgan fingerprint density at radius 1 is 0.609 bits per heavy atom. The Balaban J connectivity index is 1.36. The molecule has 0 aliphatic rings. The topological polar surface area (TPSA) is 124 Å². The molecule has 0 unspecified atom stereocenters. The van der Waals surface area contributed by atoms with Crippen molar-refractivity contribution in [1.82, 2.24) is 0 Å². The lowest BCUT2D eigenvalue weighted by Gasteiger charge is -2.10. The van der Waals surface area contributed by atoms with Gasteiger partial charge in [-0.3, -0.25) is 4.79 Å². The van der Waals surface area contributed by atoms with Gasteiger partial charge in [-0.15, -0.1) is 0 Å². The summed E-state index contributed by atoms with van der Waals surface area (Å²) in [6.45, 7) is 11.5. The molecule has 0 aromatic heterocycles. The highest BCUT2D eigenvalue weighted by Crippen LogP contribution is 2.24. The van der Waals surface area contributed by atoms with Gasteiger partial charge in [0.1, 0.15) is 30.5 Å². The molecule has 0 fully saturated rings. The van der Waals surface area contributed by atoms with Gasteiger partial charge in [-0.2, -0.15) is 0 Å². The fraction of sp³-hybridized carbons (Fsp3) is 0.278. The van der Waals surface area contributed by atoms with Gasteiger partial charge in [0, 0.05) is 11.1 Å². The minimum Gasteiger partial charge on any atom is -0.494 e. The zero-order valence-corrected chi connectivity index (χ0v) is 26.1. The molecular formula is C36H38O10. The quantitative estimate of drug-likeness (QED) is 0.0521. The van der Waals surface area contributed by atoms with Crippen LogP contribution in [0.5, 0.6) is 17.2 Å². The lowest BCUT2D eigenvalue weighted by molar-refractivity contribution is -0.146. The number of unbranched alkanes of at least 4 members (excludes halogenated alkanes) is 1. The van der Waals surface area contributed by atoms with Gasteiger partial charge in [-0.25, -0.2) is 14.4 Å². The maximum atomic E-state index is 12.6. The van der Waals surface area contributed by atoms with E-state index < -0.39 is 23.9 Å². The first-order chi connectivity index (χ1) is 22.2. The van der Waals surface area contributed by atoms with Gasteiger partial charge in [0.25, 0.3) is 0 Å². The summed E-state index contributed by atoms with van der Waals surface area (Å²) in [5.41, 5.74) is 2.66. The van der Waals surface area contributed by atoms with Crippen molar-refractivity contribution < 1.29 is 47.6 Å². The summed E-state index contributed by atoms with van der Waals surface area (Å²) >= 11 is 0. The zero-order valence-electron chi connectivity index (χ0n) is 26.1. The molecule has 0 spiro atoms. The van der Waals surface area contributed by atoms with E-state index in [0.29, 0.717) is 47.8 Å². The van der Waals surface area contributed by atoms with Crippen molar-refractivity contribution in [2.75, 3.05) is 33.0 Å². The zero-order chi connectivity index (χ0) is 33.3. The minimum absolute atomic E-state index is 0.0664. The van der Waals surface area contributed by atoms with Crippen LogP contribution in [0.3, 0.4) is 0 Å². The molecule has 10 heteroatoms. The smallest absolute Gasteiger partial charge is 0.343 e. The van der Waals surface area contributed by atoms with Crippen molar-refractivity contribution in [2.24, 2.45) is 0 Å². The van der Waals surface area contributed by atoms with Gasteiger partial charge in [0.15, 0.2) is 0 Å². The standard InChI is InChI=1S/C36H38O10/c1-5-41-33(37)24-26(4)35(39)44-21-7-6-20-42-30-14-12-28(13-15-30)27-8-10-29(11-9-27)36(40)46-32-18-16-31(17-19-32)43-22-23-45-34(38)25(2)3/h8-19H,2,4-7,20-24H2,1,3H3. The highest BCUT2D eigenvalue weighted by molar-refractivity contribution is 5.93. The third-order valence-electron chi connectivity index (χ3n) is 6.27. The summed E-state index contributed by atoms with van der Waals surface area (Å²) in [5, 5.41) is 0. The van der Waals surface area contributed by atoms with Crippen molar-refractivity contribution in [3.8, 4) is 28.4 Å². The molecule has 0 N–H and O–H groups in total. The molecule has 0 radical (unpaired) electrons. The molecular weight excluding hydrogens is 592 g/mol. The monoisotopic (exact) mass is 630 g/mol. The second-order valence-electron chi connectivity index (χ2n) is 10.0. The van der Waals surface area contributed by atoms with Crippen LogP contribution in [0.4, 0.5) is 0 Å². The van der Waals surface area contributed by atoms with Crippen LogP contribution in [0.15, 0.2) is 97.1 Å². The summed E-state index contributed by atoms with van der Waals surface area (Å²) in [5.74, 6) is -0.468. The number of carbonyl (C=O) groups is 4. The van der Waals surface area contributed by atoms with Crippen molar-refractivity contribution in [1.29, 1.82) is 0 Å². The summed E-state index contributed by atoms with van der Waals surface area (Å²) in [6, 6.07) is 21.2. The number of benzene rings is 3. The molecule has 0 heterocycles. The Kier molecular flexibility index (Phi) is 14.1. The number of ether oxygens (including phenoxy) is 6. The van der Waals surface area contributed by atoms with E-state index in [1.807, 2.05) is 36.4 Å². The van der Waals surface area contributed by atoms with Crippen molar-refractivity contribution in [3.63, 3.8) is 0 Å². The first-order valence-electron chi connectivity index (χ1n) is 14.8. The highest BCUT2D eigenvalue weighted by Gasteiger charge is 2.14. The number of carbonyl (C=O) groups excluding carboxylic acids is 4. The van der Waals surface area contributed by atoms with E-state index in [1.54, 1.807) is 50.2 Å². The molecule has 0 saturated heterocycles. The van der Waals surface area contributed by atoms with Gasteiger partial charge in [-0.05, 0) is 86.3 Å². The molecule has 10 nitrogen and oxygen atoms in total. The summed E-state index contributed by atoms with van der Waals surface area (Å²) in [7, 11) is 0. The van der Waals surface area contributed by atoms with Gasteiger partial charge in [0.05, 0.1) is 31.8 Å². The maximum absolute atomic E-state index is 12.6. The Morgan fingerprint density at radius 3 is 1.74 bits per heavy atom. The molecule has 3 rings (SSSR count). The van der Waals surface area contributed by atoms with Crippen LogP contribution in [0.1, 0.15) is 43.5 Å². The fourth-order valence-corrected chi connectivity index (χ4v) is 3.85. The average Bonchev–Trinajstić information content (AvgIpc) is 3.05. The molecule has 46 heavy (non-hydrogen) atoms. The molecule has 0 aliphatic carbocycles. The van der Waals surface area contributed by atoms with E-state index in [2.05, 4.69) is 13.2 Å². The van der Waals surface area contributed by atoms with Crippen LogP contribution >= 0.6 is 0 Å². The van der Waals surface area contributed by atoms with Crippen molar-refractivity contribution >= 4 is 23.9 Å². The molecule has 0 amide bonds. The second kappa shape index (κ2) is 18.4. The fourth-order valence-electron chi connectivity index (χ4n) is 3.85. The van der Waals surface area contributed by atoms with E-state index >= 15 is 0 Å². The minimum atomic E-state index is -0.607. The van der Waals surface area contributed by atoms with Crippen LogP contribution in [0.25, 0.3) is 11.1 Å². The third kappa shape index (κ3) is 12.0. The van der Waals surface area contributed by atoms with Gasteiger partial charge in [0.2, 0.25) is 0 Å². The summed E-state index contributed by atoms with van der Waals surface area (Å²) < 4.78 is 31.7. The van der Waals surface area contributed by atoms with Gasteiger partial charge >= 0.3 is 23.9 Å². The number of esters is 4. The van der Waals surface area contributed by atoms with Crippen molar-refractivity contribution in [2.45, 2.75) is 33.1 Å². The normalized spacial score (nSPS) is 10.3. The largest absolute Gasteiger partial charge is 0.494 e. The number of rotatable bonds is 18. The molecule has 0 saturated carbocycles. The summed E-state index contributed by atoms with van der Waals surface area (Å²) in [4.78, 5) is 47.3. The predicted octanol–water partition coefficient (Wildman–Crippen LogP) is 6.28. The van der Waals surface area contributed by atoms with E-state index in [1.165, 1.54) is 0 Å². The van der Waals surface area contributed by atoms with Gasteiger partial charge < -0.3 is 28.4 Å². The summed E-state index contributed by atoms with van der Waals surface area (Å²) in [6.07, 6.45) is 1.08. The van der Waals surface area contributed by atoms with Gasteiger partial charge in [-0.1, -0.05) is 37.4 Å². The first kappa shape index (κ1) is 35.1. The van der Waals surface area contributed by atoms with Crippen molar-refractivity contribution in [3.05, 3.63) is 103 Å². The molecule has 0 aliphatic heterocycles. The highest BCUT2D eigenvalue weighted by atomic mass is 16.6.